The van der Waals surface area contributed by atoms with Crippen molar-refractivity contribution in [1.29, 1.82) is 5.26 Å². The van der Waals surface area contributed by atoms with E-state index in [4.69, 9.17) is 12.2 Å². The van der Waals surface area contributed by atoms with Crippen LogP contribution in [0.25, 0.3) is 11.8 Å². The fourth-order valence-electron chi connectivity index (χ4n) is 5.30. The molecule has 0 aliphatic carbocycles. The van der Waals surface area contributed by atoms with Crippen molar-refractivity contribution in [3.05, 3.63) is 78.3 Å². The molecular formula is C28H28N6O3S2. The van der Waals surface area contributed by atoms with Gasteiger partial charge in [0.2, 0.25) is 0 Å². The van der Waals surface area contributed by atoms with Gasteiger partial charge in [0.1, 0.15) is 23.1 Å². The van der Waals surface area contributed by atoms with Crippen LogP contribution in [0.15, 0.2) is 44.8 Å². The van der Waals surface area contributed by atoms with E-state index in [2.05, 4.69) is 4.90 Å². The van der Waals surface area contributed by atoms with Crippen LogP contribution in [-0.4, -0.2) is 37.2 Å². The number of carbonyl (C=O) groups is 1. The highest BCUT2D eigenvalue weighted by molar-refractivity contribution is 8.27. The first-order valence-electron chi connectivity index (χ1n) is 12.7. The van der Waals surface area contributed by atoms with Crippen molar-refractivity contribution in [2.24, 2.45) is 14.1 Å². The summed E-state index contributed by atoms with van der Waals surface area (Å²) in [6.07, 6.45) is 4.82. The van der Waals surface area contributed by atoms with E-state index in [1.807, 2.05) is 36.4 Å². The quantitative estimate of drug-likeness (QED) is 0.354. The molecule has 2 aliphatic rings. The normalized spacial score (nSPS) is 16.8. The average molecular weight is 561 g/mol. The number of anilines is 2. The predicted molar refractivity (Wildman–Crippen MR) is 159 cm³/mol. The second kappa shape index (κ2) is 10.4. The average Bonchev–Trinajstić information content (AvgIpc) is 3.33. The number of para-hydroxylation sites is 1. The third kappa shape index (κ3) is 4.33. The third-order valence-electron chi connectivity index (χ3n) is 7.44. The maximum atomic E-state index is 13.8. The van der Waals surface area contributed by atoms with Gasteiger partial charge in [0.15, 0.2) is 4.32 Å². The highest BCUT2D eigenvalue weighted by Crippen LogP contribution is 2.38. The number of carbonyl (C=O) groups excluding carboxylic acids is 1. The van der Waals surface area contributed by atoms with Gasteiger partial charge in [0.25, 0.3) is 17.0 Å². The molecule has 39 heavy (non-hydrogen) atoms. The molecule has 4 heterocycles. The number of piperidine rings is 1. The fraction of sp³-hybridized carbons (Fsp3) is 0.321. The number of nitriles is 1. The third-order valence-corrected chi connectivity index (χ3v) is 8.74. The lowest BCUT2D eigenvalue weighted by Crippen LogP contribution is -2.36. The number of thiocarbonyl (C=S) groups is 1. The summed E-state index contributed by atoms with van der Waals surface area (Å²) in [6.45, 7) is 5.08. The molecule has 9 nitrogen and oxygen atoms in total. The van der Waals surface area contributed by atoms with E-state index in [0.717, 1.165) is 44.1 Å². The molecule has 2 aliphatic heterocycles. The Balaban J connectivity index is 1.64. The van der Waals surface area contributed by atoms with Crippen molar-refractivity contribution in [1.82, 2.24) is 13.9 Å². The highest BCUT2D eigenvalue weighted by Gasteiger charge is 2.38. The second-order valence-corrected chi connectivity index (χ2v) is 11.4. The molecular weight excluding hydrogens is 532 g/mol. The minimum atomic E-state index is -0.410. The van der Waals surface area contributed by atoms with E-state index in [1.54, 1.807) is 38.7 Å². The number of thioether (sulfide) groups is 1. The van der Waals surface area contributed by atoms with Crippen molar-refractivity contribution in [2.75, 3.05) is 22.9 Å². The molecule has 1 aromatic carbocycles. The smallest absolute Gasteiger partial charge is 0.296 e. The lowest BCUT2D eigenvalue weighted by molar-refractivity contribution is -0.113. The van der Waals surface area contributed by atoms with Crippen molar-refractivity contribution < 1.29 is 4.79 Å². The van der Waals surface area contributed by atoms with E-state index >= 15 is 0 Å². The molecule has 2 aromatic heterocycles. The molecule has 2 saturated heterocycles. The summed E-state index contributed by atoms with van der Waals surface area (Å²) in [5, 5.41) is 9.74. The molecule has 1 amide bonds. The Labute approximate surface area is 235 Å². The minimum absolute atomic E-state index is 0.0460. The van der Waals surface area contributed by atoms with Crippen LogP contribution in [0.5, 0.6) is 0 Å². The predicted octanol–water partition coefficient (Wildman–Crippen LogP) is 3.76. The summed E-state index contributed by atoms with van der Waals surface area (Å²) < 4.78 is 4.97. The number of nitrogens with zero attached hydrogens (tertiary/aromatic N) is 6. The molecule has 5 rings (SSSR count). The Morgan fingerprint density at radius 2 is 1.67 bits per heavy atom. The van der Waals surface area contributed by atoms with E-state index in [1.165, 1.54) is 14.1 Å². The summed E-state index contributed by atoms with van der Waals surface area (Å²) >= 11 is 6.73. The van der Waals surface area contributed by atoms with Gasteiger partial charge in [0.05, 0.1) is 16.3 Å². The first kappa shape index (κ1) is 26.7. The van der Waals surface area contributed by atoms with Crippen molar-refractivity contribution in [3.63, 3.8) is 0 Å². The second-order valence-electron chi connectivity index (χ2n) is 9.69. The number of rotatable bonds is 4. The van der Waals surface area contributed by atoms with Crippen LogP contribution < -0.4 is 20.9 Å². The van der Waals surface area contributed by atoms with E-state index in [-0.39, 0.29) is 26.7 Å². The number of hydrogen-bond acceptors (Lipinski definition) is 7. The molecule has 0 N–H and O–H groups in total. The molecule has 0 spiro atoms. The molecule has 0 atom stereocenters. The van der Waals surface area contributed by atoms with Gasteiger partial charge in [0, 0.05) is 32.7 Å². The Bertz CT molecular complexity index is 1700. The molecule has 3 aromatic rings. The fourth-order valence-corrected chi connectivity index (χ4v) is 6.56. The van der Waals surface area contributed by atoms with Gasteiger partial charge in [-0.25, -0.2) is 4.68 Å². The monoisotopic (exact) mass is 560 g/mol. The molecule has 11 heteroatoms. The van der Waals surface area contributed by atoms with Crippen LogP contribution in [0.3, 0.4) is 0 Å². The molecule has 0 saturated carbocycles. The summed E-state index contributed by atoms with van der Waals surface area (Å²) in [4.78, 5) is 44.2. The van der Waals surface area contributed by atoms with E-state index < -0.39 is 5.91 Å². The van der Waals surface area contributed by atoms with Gasteiger partial charge >= 0.3 is 0 Å². The standard InChI is InChI=1S/C28H28N6O3S2/c1-17-20(24(32-13-9-6-10-14-32)30(3)25(35)21(17)16-29)15-22-26(36)33(28(38)39-22)23-18(2)31(4)34(27(23)37)19-11-7-5-8-12-19/h5,7-8,11-12,15H,6,9-10,13-14H2,1-4H3/b22-15+. The topological polar surface area (TPSA) is 96.3 Å². The van der Waals surface area contributed by atoms with Gasteiger partial charge in [-0.15, -0.1) is 0 Å². The van der Waals surface area contributed by atoms with Crippen molar-refractivity contribution >= 4 is 51.8 Å². The summed E-state index contributed by atoms with van der Waals surface area (Å²) in [5.74, 6) is 0.274. The first-order chi connectivity index (χ1) is 18.7. The Morgan fingerprint density at radius 1 is 1.00 bits per heavy atom. The van der Waals surface area contributed by atoms with Gasteiger partial charge in [-0.2, -0.15) is 5.26 Å². The molecule has 0 unspecified atom stereocenters. The number of benzene rings is 1. The maximum absolute atomic E-state index is 13.8. The first-order valence-corrected chi connectivity index (χ1v) is 13.9. The Hall–Kier alpha value is -3.88. The minimum Gasteiger partial charge on any atom is -0.357 e. The van der Waals surface area contributed by atoms with Crippen LogP contribution in [0.4, 0.5) is 11.5 Å². The zero-order chi connectivity index (χ0) is 28.0. The number of amides is 1. The van der Waals surface area contributed by atoms with Gasteiger partial charge in [-0.1, -0.05) is 42.2 Å². The zero-order valence-corrected chi connectivity index (χ0v) is 23.9. The van der Waals surface area contributed by atoms with Crippen LogP contribution in [0.1, 0.15) is 41.6 Å². The van der Waals surface area contributed by atoms with E-state index in [9.17, 15) is 19.6 Å². The maximum Gasteiger partial charge on any atom is 0.296 e. The largest absolute Gasteiger partial charge is 0.357 e. The van der Waals surface area contributed by atoms with Gasteiger partial charge in [-0.3, -0.25) is 28.5 Å². The number of aromatic nitrogens is 3. The Morgan fingerprint density at radius 3 is 2.31 bits per heavy atom. The van der Waals surface area contributed by atoms with Crippen LogP contribution in [0, 0.1) is 25.2 Å². The molecule has 0 radical (unpaired) electrons. The van der Waals surface area contributed by atoms with E-state index in [0.29, 0.717) is 33.2 Å². The summed E-state index contributed by atoms with van der Waals surface area (Å²) in [7, 11) is 3.43. The lowest BCUT2D eigenvalue weighted by Gasteiger charge is -2.32. The molecule has 200 valence electrons. The SMILES string of the molecule is Cc1c(/C=C2/SC(=S)N(c3c(C)n(C)n(-c4ccccc4)c3=O)C2=O)c(N2CCCCC2)n(C)c(=O)c1C#N. The van der Waals surface area contributed by atoms with Crippen LogP contribution in [-0.2, 0) is 18.9 Å². The number of hydrogen-bond donors (Lipinski definition) is 0. The van der Waals surface area contributed by atoms with Crippen LogP contribution in [0.2, 0.25) is 0 Å². The van der Waals surface area contributed by atoms with Crippen molar-refractivity contribution in [3.8, 4) is 11.8 Å². The van der Waals surface area contributed by atoms with Gasteiger partial charge < -0.3 is 4.90 Å². The summed E-state index contributed by atoms with van der Waals surface area (Å²) in [5.41, 5.74) is 1.98. The molecule has 0 bridgehead atoms. The van der Waals surface area contributed by atoms with Crippen LogP contribution >= 0.6 is 24.0 Å². The zero-order valence-electron chi connectivity index (χ0n) is 22.2. The van der Waals surface area contributed by atoms with Crippen molar-refractivity contribution in [2.45, 2.75) is 33.1 Å². The lowest BCUT2D eigenvalue weighted by atomic mass is 10.0. The number of pyridine rings is 1. The Kier molecular flexibility index (Phi) is 7.09. The van der Waals surface area contributed by atoms with Gasteiger partial charge in [-0.05, 0) is 56.9 Å². The highest BCUT2D eigenvalue weighted by atomic mass is 32.2. The molecule has 2 fully saturated rings. The summed E-state index contributed by atoms with van der Waals surface area (Å²) in [6, 6.07) is 11.2.